The third-order valence-electron chi connectivity index (χ3n) is 3.15. The Kier molecular flexibility index (Phi) is 3.73. The first-order valence-electron chi connectivity index (χ1n) is 6.99. The number of rotatable bonds is 4. The second-order valence-electron chi connectivity index (χ2n) is 6.00. The highest BCUT2D eigenvalue weighted by Crippen LogP contribution is 2.21. The third-order valence-corrected chi connectivity index (χ3v) is 4.19. The summed E-state index contributed by atoms with van der Waals surface area (Å²) in [6.45, 7) is 7.79. The molecule has 3 aromatic rings. The van der Waals surface area contributed by atoms with Gasteiger partial charge in [-0.2, -0.15) is 0 Å². The third kappa shape index (κ3) is 3.28. The van der Waals surface area contributed by atoms with Gasteiger partial charge in [0.1, 0.15) is 5.01 Å². The van der Waals surface area contributed by atoms with Crippen molar-refractivity contribution in [3.05, 3.63) is 41.2 Å². The molecule has 2 heterocycles. The Morgan fingerprint density at radius 3 is 2.71 bits per heavy atom. The summed E-state index contributed by atoms with van der Waals surface area (Å²) in [5.41, 5.74) is 1.99. The SMILES string of the molecule is CC(C)(C)n1cc(CNCc2nc3ccccc3s2)nn1. The Morgan fingerprint density at radius 1 is 1.19 bits per heavy atom. The molecule has 0 atom stereocenters. The Bertz CT molecular complexity index is 705. The molecule has 3 rings (SSSR count). The van der Waals surface area contributed by atoms with Crippen LogP contribution in [0.2, 0.25) is 0 Å². The Hall–Kier alpha value is -1.79. The van der Waals surface area contributed by atoms with Gasteiger partial charge in [-0.05, 0) is 32.9 Å². The lowest BCUT2D eigenvalue weighted by Crippen LogP contribution is -2.22. The summed E-state index contributed by atoms with van der Waals surface area (Å²) >= 11 is 1.73. The molecule has 0 spiro atoms. The summed E-state index contributed by atoms with van der Waals surface area (Å²) in [4.78, 5) is 4.60. The molecule has 0 bridgehead atoms. The minimum Gasteiger partial charge on any atom is -0.305 e. The van der Waals surface area contributed by atoms with E-state index in [1.165, 1.54) is 4.70 Å². The van der Waals surface area contributed by atoms with Crippen molar-refractivity contribution >= 4 is 21.6 Å². The number of nitrogens with one attached hydrogen (secondary N) is 1. The predicted molar refractivity (Wildman–Crippen MR) is 85.2 cm³/mol. The molecule has 0 radical (unpaired) electrons. The topological polar surface area (TPSA) is 55.6 Å². The maximum absolute atomic E-state index is 4.60. The van der Waals surface area contributed by atoms with Gasteiger partial charge in [-0.1, -0.05) is 17.3 Å². The van der Waals surface area contributed by atoms with E-state index >= 15 is 0 Å². The van der Waals surface area contributed by atoms with Crippen LogP contribution in [0.5, 0.6) is 0 Å². The summed E-state index contributed by atoms with van der Waals surface area (Å²) in [6, 6.07) is 8.21. The molecule has 5 nitrogen and oxygen atoms in total. The van der Waals surface area contributed by atoms with E-state index in [0.717, 1.165) is 22.8 Å². The van der Waals surface area contributed by atoms with Crippen LogP contribution >= 0.6 is 11.3 Å². The van der Waals surface area contributed by atoms with Crippen LogP contribution in [0.25, 0.3) is 10.2 Å². The molecular weight excluding hydrogens is 282 g/mol. The maximum Gasteiger partial charge on any atom is 0.108 e. The molecule has 0 aliphatic rings. The van der Waals surface area contributed by atoms with Crippen molar-refractivity contribution in [3.63, 3.8) is 0 Å². The lowest BCUT2D eigenvalue weighted by atomic mass is 10.1. The van der Waals surface area contributed by atoms with E-state index in [2.05, 4.69) is 47.5 Å². The minimum atomic E-state index is -0.0295. The normalized spacial score (nSPS) is 12.1. The molecule has 0 amide bonds. The zero-order valence-electron chi connectivity index (χ0n) is 12.5. The van der Waals surface area contributed by atoms with Gasteiger partial charge in [-0.25, -0.2) is 9.67 Å². The number of thiazole rings is 1. The second kappa shape index (κ2) is 5.54. The number of nitrogens with zero attached hydrogens (tertiary/aromatic N) is 4. The molecule has 21 heavy (non-hydrogen) atoms. The van der Waals surface area contributed by atoms with Crippen molar-refractivity contribution in [2.45, 2.75) is 39.4 Å². The number of hydrogen-bond acceptors (Lipinski definition) is 5. The summed E-state index contributed by atoms with van der Waals surface area (Å²) < 4.78 is 3.12. The van der Waals surface area contributed by atoms with Crippen LogP contribution in [0.4, 0.5) is 0 Å². The van der Waals surface area contributed by atoms with Gasteiger partial charge in [0.05, 0.1) is 27.6 Å². The van der Waals surface area contributed by atoms with Crippen LogP contribution < -0.4 is 5.32 Å². The van der Waals surface area contributed by atoms with Crippen molar-refractivity contribution in [3.8, 4) is 0 Å². The lowest BCUT2D eigenvalue weighted by Gasteiger charge is -2.17. The number of para-hydroxylation sites is 1. The van der Waals surface area contributed by atoms with Crippen LogP contribution in [0.1, 0.15) is 31.5 Å². The molecular formula is C15H19N5S. The first-order chi connectivity index (χ1) is 10.0. The molecule has 2 aromatic heterocycles. The highest BCUT2D eigenvalue weighted by Gasteiger charge is 2.14. The number of benzene rings is 1. The van der Waals surface area contributed by atoms with Gasteiger partial charge in [0, 0.05) is 13.1 Å². The monoisotopic (exact) mass is 301 g/mol. The summed E-state index contributed by atoms with van der Waals surface area (Å²) in [5.74, 6) is 0. The van der Waals surface area contributed by atoms with E-state index < -0.39 is 0 Å². The van der Waals surface area contributed by atoms with Crippen molar-refractivity contribution < 1.29 is 0 Å². The maximum atomic E-state index is 4.60. The Morgan fingerprint density at radius 2 is 2.00 bits per heavy atom. The summed E-state index contributed by atoms with van der Waals surface area (Å²) in [7, 11) is 0. The molecule has 6 heteroatoms. The van der Waals surface area contributed by atoms with Gasteiger partial charge >= 0.3 is 0 Å². The zero-order chi connectivity index (χ0) is 14.9. The van der Waals surface area contributed by atoms with Crippen LogP contribution in [-0.2, 0) is 18.6 Å². The summed E-state index contributed by atoms with van der Waals surface area (Å²) in [5, 5.41) is 12.8. The van der Waals surface area contributed by atoms with E-state index in [-0.39, 0.29) is 5.54 Å². The lowest BCUT2D eigenvalue weighted by molar-refractivity contribution is 0.347. The molecule has 0 unspecified atom stereocenters. The van der Waals surface area contributed by atoms with Crippen LogP contribution in [0, 0.1) is 0 Å². The fourth-order valence-electron chi connectivity index (χ4n) is 2.00. The van der Waals surface area contributed by atoms with Gasteiger partial charge in [0.15, 0.2) is 0 Å². The molecule has 0 saturated carbocycles. The highest BCUT2D eigenvalue weighted by atomic mass is 32.1. The quantitative estimate of drug-likeness (QED) is 0.805. The van der Waals surface area contributed by atoms with E-state index in [9.17, 15) is 0 Å². The van der Waals surface area contributed by atoms with Gasteiger partial charge in [-0.3, -0.25) is 0 Å². The van der Waals surface area contributed by atoms with Crippen molar-refractivity contribution in [2.24, 2.45) is 0 Å². The van der Waals surface area contributed by atoms with Gasteiger partial charge in [-0.15, -0.1) is 16.4 Å². The zero-order valence-corrected chi connectivity index (χ0v) is 13.3. The van der Waals surface area contributed by atoms with Crippen LogP contribution in [0.3, 0.4) is 0 Å². The van der Waals surface area contributed by atoms with Crippen molar-refractivity contribution in [2.75, 3.05) is 0 Å². The minimum absolute atomic E-state index is 0.0295. The smallest absolute Gasteiger partial charge is 0.108 e. The van der Waals surface area contributed by atoms with Crippen LogP contribution in [-0.4, -0.2) is 20.0 Å². The first-order valence-corrected chi connectivity index (χ1v) is 7.81. The van der Waals surface area contributed by atoms with Crippen LogP contribution in [0.15, 0.2) is 30.5 Å². The average Bonchev–Trinajstić information content (AvgIpc) is 3.03. The largest absolute Gasteiger partial charge is 0.305 e. The average molecular weight is 301 g/mol. The highest BCUT2D eigenvalue weighted by molar-refractivity contribution is 7.18. The molecule has 0 fully saturated rings. The first kappa shape index (κ1) is 14.2. The van der Waals surface area contributed by atoms with Crippen molar-refractivity contribution in [1.82, 2.24) is 25.3 Å². The van der Waals surface area contributed by atoms with Gasteiger partial charge < -0.3 is 5.32 Å². The fourth-order valence-corrected chi connectivity index (χ4v) is 2.94. The molecule has 0 saturated heterocycles. The summed E-state index contributed by atoms with van der Waals surface area (Å²) in [6.07, 6.45) is 1.99. The molecule has 0 aliphatic carbocycles. The second-order valence-corrected chi connectivity index (χ2v) is 7.12. The number of fused-ring (bicyclic) bond motifs is 1. The number of aromatic nitrogens is 4. The molecule has 1 N–H and O–H groups in total. The van der Waals surface area contributed by atoms with Gasteiger partial charge in [0.25, 0.3) is 0 Å². The van der Waals surface area contributed by atoms with E-state index in [1.54, 1.807) is 11.3 Å². The standard InChI is InChI=1S/C15H19N5S/c1-15(2,3)20-10-11(18-19-20)8-16-9-14-17-12-6-4-5-7-13(12)21-14/h4-7,10,16H,8-9H2,1-3H3. The van der Waals surface area contributed by atoms with Gasteiger partial charge in [0.2, 0.25) is 0 Å². The number of hydrogen-bond donors (Lipinski definition) is 1. The molecule has 1 aromatic carbocycles. The van der Waals surface area contributed by atoms with Crippen molar-refractivity contribution in [1.29, 1.82) is 0 Å². The molecule has 0 aliphatic heterocycles. The van der Waals surface area contributed by atoms with E-state index in [0.29, 0.717) is 6.54 Å². The van der Waals surface area contributed by atoms with E-state index in [1.807, 2.05) is 29.1 Å². The Balaban J connectivity index is 1.59. The molecule has 110 valence electrons. The fraction of sp³-hybridized carbons (Fsp3) is 0.400. The van der Waals surface area contributed by atoms with E-state index in [4.69, 9.17) is 0 Å². The predicted octanol–water partition coefficient (Wildman–Crippen LogP) is 2.93. The Labute approximate surface area is 128 Å².